The first-order chi connectivity index (χ1) is 10.0. The monoisotopic (exact) mass is 292 g/mol. The number of aromatic nitrogens is 1. The molecule has 0 spiro atoms. The Kier molecular flexibility index (Phi) is 5.04. The van der Waals surface area contributed by atoms with E-state index in [9.17, 15) is 9.59 Å². The molecule has 0 atom stereocenters. The molecule has 1 aromatic rings. The average Bonchev–Trinajstić information content (AvgIpc) is 3.06. The van der Waals surface area contributed by atoms with Gasteiger partial charge in [0.1, 0.15) is 5.69 Å². The van der Waals surface area contributed by atoms with E-state index < -0.39 is 0 Å². The Morgan fingerprint density at radius 1 is 1.24 bits per heavy atom. The highest BCUT2D eigenvalue weighted by Crippen LogP contribution is 2.21. The number of hydrogen-bond acceptors (Lipinski definition) is 3. The van der Waals surface area contributed by atoms with Crippen LogP contribution in [0.3, 0.4) is 0 Å². The molecule has 1 fully saturated rings. The highest BCUT2D eigenvalue weighted by Gasteiger charge is 2.21. The molecule has 21 heavy (non-hydrogen) atoms. The second kappa shape index (κ2) is 6.78. The number of aryl methyl sites for hydroxylation is 1. The molecule has 2 heterocycles. The lowest BCUT2D eigenvalue weighted by molar-refractivity contribution is -0.130. The van der Waals surface area contributed by atoms with E-state index in [0.717, 1.165) is 42.8 Å². The highest BCUT2D eigenvalue weighted by molar-refractivity contribution is 5.90. The number of esters is 1. The zero-order valence-electron chi connectivity index (χ0n) is 13.1. The minimum Gasteiger partial charge on any atom is -0.461 e. The zero-order valence-corrected chi connectivity index (χ0v) is 13.1. The van der Waals surface area contributed by atoms with Crippen molar-refractivity contribution in [3.63, 3.8) is 0 Å². The summed E-state index contributed by atoms with van der Waals surface area (Å²) in [4.78, 5) is 29.0. The minimum absolute atomic E-state index is 0.213. The van der Waals surface area contributed by atoms with Crippen molar-refractivity contribution in [1.29, 1.82) is 0 Å². The average molecular weight is 292 g/mol. The maximum atomic E-state index is 12.1. The van der Waals surface area contributed by atoms with E-state index in [-0.39, 0.29) is 11.9 Å². The number of amides is 1. The van der Waals surface area contributed by atoms with Crippen LogP contribution >= 0.6 is 0 Å². The maximum absolute atomic E-state index is 12.1. The van der Waals surface area contributed by atoms with Gasteiger partial charge in [-0.3, -0.25) is 4.79 Å². The third-order valence-corrected chi connectivity index (χ3v) is 4.12. The van der Waals surface area contributed by atoms with Crippen LogP contribution < -0.4 is 0 Å². The summed E-state index contributed by atoms with van der Waals surface area (Å²) < 4.78 is 5.04. The quantitative estimate of drug-likeness (QED) is 0.847. The third kappa shape index (κ3) is 3.46. The van der Waals surface area contributed by atoms with Gasteiger partial charge in [0.2, 0.25) is 5.91 Å². The van der Waals surface area contributed by atoms with Gasteiger partial charge in [0, 0.05) is 25.2 Å². The van der Waals surface area contributed by atoms with Crippen LogP contribution in [0.1, 0.15) is 53.5 Å². The van der Waals surface area contributed by atoms with Crippen molar-refractivity contribution in [3.8, 4) is 0 Å². The first-order valence-electron chi connectivity index (χ1n) is 7.67. The molecular formula is C16H24N2O3. The van der Waals surface area contributed by atoms with E-state index in [1.807, 2.05) is 18.7 Å². The Labute approximate surface area is 125 Å². The summed E-state index contributed by atoms with van der Waals surface area (Å²) in [5.41, 5.74) is 3.42. The summed E-state index contributed by atoms with van der Waals surface area (Å²) in [5.74, 6) is -0.111. The number of likely N-dealkylation sites (tertiary alicyclic amines) is 1. The van der Waals surface area contributed by atoms with E-state index in [4.69, 9.17) is 4.74 Å². The van der Waals surface area contributed by atoms with Crippen LogP contribution in [0.5, 0.6) is 0 Å². The summed E-state index contributed by atoms with van der Waals surface area (Å²) in [6.45, 7) is 7.77. The molecule has 2 rings (SSSR count). The molecule has 5 nitrogen and oxygen atoms in total. The van der Waals surface area contributed by atoms with E-state index in [2.05, 4.69) is 4.98 Å². The Morgan fingerprint density at radius 3 is 2.52 bits per heavy atom. The van der Waals surface area contributed by atoms with Crippen LogP contribution in [-0.4, -0.2) is 41.5 Å². The Hall–Kier alpha value is -1.78. The fraction of sp³-hybridized carbons (Fsp3) is 0.625. The van der Waals surface area contributed by atoms with E-state index >= 15 is 0 Å². The standard InChI is InChI=1S/C16H24N2O3/c1-4-21-16(20)15-11(2)13(12(3)17-15)7-8-14(19)18-9-5-6-10-18/h17H,4-10H2,1-3H3. The van der Waals surface area contributed by atoms with E-state index in [1.54, 1.807) is 6.92 Å². The molecule has 0 aromatic carbocycles. The summed E-state index contributed by atoms with van der Waals surface area (Å²) >= 11 is 0. The number of carbonyl (C=O) groups is 2. The molecular weight excluding hydrogens is 268 g/mol. The van der Waals surface area contributed by atoms with E-state index in [0.29, 0.717) is 25.1 Å². The van der Waals surface area contributed by atoms with E-state index in [1.165, 1.54) is 0 Å². The lowest BCUT2D eigenvalue weighted by Crippen LogP contribution is -2.27. The first kappa shape index (κ1) is 15.6. The predicted octanol–water partition coefficient (Wildman–Crippen LogP) is 2.36. The fourth-order valence-electron chi connectivity index (χ4n) is 2.93. The number of rotatable bonds is 5. The molecule has 0 bridgehead atoms. The van der Waals surface area contributed by atoms with Crippen molar-refractivity contribution in [3.05, 3.63) is 22.5 Å². The van der Waals surface area contributed by atoms with Gasteiger partial charge < -0.3 is 14.6 Å². The van der Waals surface area contributed by atoms with Crippen molar-refractivity contribution >= 4 is 11.9 Å². The van der Waals surface area contributed by atoms with Gasteiger partial charge in [-0.2, -0.15) is 0 Å². The third-order valence-electron chi connectivity index (χ3n) is 4.12. The fourth-order valence-corrected chi connectivity index (χ4v) is 2.93. The molecule has 5 heteroatoms. The molecule has 0 radical (unpaired) electrons. The molecule has 1 N–H and O–H groups in total. The Balaban J connectivity index is 2.03. The number of ether oxygens (including phenoxy) is 1. The molecule has 1 saturated heterocycles. The molecule has 1 aliphatic heterocycles. The molecule has 0 saturated carbocycles. The number of nitrogens with zero attached hydrogens (tertiary/aromatic N) is 1. The Bertz CT molecular complexity index is 528. The van der Waals surface area contributed by atoms with Gasteiger partial charge in [-0.15, -0.1) is 0 Å². The van der Waals surface area contributed by atoms with Crippen LogP contribution in [-0.2, 0) is 16.0 Å². The van der Waals surface area contributed by atoms with Crippen LogP contribution in [0, 0.1) is 13.8 Å². The minimum atomic E-state index is -0.324. The predicted molar refractivity (Wildman–Crippen MR) is 80.4 cm³/mol. The van der Waals surface area contributed by atoms with Crippen molar-refractivity contribution in [2.24, 2.45) is 0 Å². The molecule has 1 aromatic heterocycles. The summed E-state index contributed by atoms with van der Waals surface area (Å²) in [6.07, 6.45) is 3.40. The number of aromatic amines is 1. The SMILES string of the molecule is CCOC(=O)c1[nH]c(C)c(CCC(=O)N2CCCC2)c1C. The van der Waals surface area contributed by atoms with Crippen LogP contribution in [0.4, 0.5) is 0 Å². The summed E-state index contributed by atoms with van der Waals surface area (Å²) in [6, 6.07) is 0. The number of H-pyrrole nitrogens is 1. The smallest absolute Gasteiger partial charge is 0.355 e. The molecule has 116 valence electrons. The second-order valence-electron chi connectivity index (χ2n) is 5.54. The number of nitrogens with one attached hydrogen (secondary N) is 1. The summed E-state index contributed by atoms with van der Waals surface area (Å²) in [7, 11) is 0. The normalized spacial score (nSPS) is 14.5. The van der Waals surface area contributed by atoms with Crippen molar-refractivity contribution < 1.29 is 14.3 Å². The van der Waals surface area contributed by atoms with Gasteiger partial charge in [-0.25, -0.2) is 4.79 Å². The van der Waals surface area contributed by atoms with Crippen molar-refractivity contribution in [2.75, 3.05) is 19.7 Å². The van der Waals surface area contributed by atoms with Gasteiger partial charge in [-0.1, -0.05) is 0 Å². The Morgan fingerprint density at radius 2 is 1.90 bits per heavy atom. The first-order valence-corrected chi connectivity index (χ1v) is 7.67. The van der Waals surface area contributed by atoms with Gasteiger partial charge >= 0.3 is 5.97 Å². The van der Waals surface area contributed by atoms with Gasteiger partial charge in [0.05, 0.1) is 6.61 Å². The topological polar surface area (TPSA) is 62.4 Å². The summed E-state index contributed by atoms with van der Waals surface area (Å²) in [5, 5.41) is 0. The van der Waals surface area contributed by atoms with Gasteiger partial charge in [-0.05, 0) is 51.2 Å². The van der Waals surface area contributed by atoms with Gasteiger partial charge in [0.15, 0.2) is 0 Å². The number of carbonyl (C=O) groups excluding carboxylic acids is 2. The lowest BCUT2D eigenvalue weighted by atomic mass is 10.0. The van der Waals surface area contributed by atoms with Crippen LogP contribution in [0.15, 0.2) is 0 Å². The van der Waals surface area contributed by atoms with Crippen LogP contribution in [0.25, 0.3) is 0 Å². The highest BCUT2D eigenvalue weighted by atomic mass is 16.5. The second-order valence-corrected chi connectivity index (χ2v) is 5.54. The maximum Gasteiger partial charge on any atom is 0.355 e. The van der Waals surface area contributed by atoms with Gasteiger partial charge in [0.25, 0.3) is 0 Å². The lowest BCUT2D eigenvalue weighted by Gasteiger charge is -2.15. The van der Waals surface area contributed by atoms with Crippen molar-refractivity contribution in [1.82, 2.24) is 9.88 Å². The molecule has 0 unspecified atom stereocenters. The van der Waals surface area contributed by atoms with Crippen molar-refractivity contribution in [2.45, 2.75) is 46.5 Å². The number of hydrogen-bond donors (Lipinski definition) is 1. The van der Waals surface area contributed by atoms with Crippen LogP contribution in [0.2, 0.25) is 0 Å². The zero-order chi connectivity index (χ0) is 15.4. The molecule has 0 aliphatic carbocycles. The molecule has 1 aliphatic rings. The largest absolute Gasteiger partial charge is 0.461 e. The molecule has 1 amide bonds.